The van der Waals surface area contributed by atoms with Gasteiger partial charge in [-0.25, -0.2) is 0 Å². The standard InChI is InChI=1S/C12H15NO2/c1-9(13)12(10(2)14)15-8-11-6-4-3-5-7-11/h3-7H,8,13H2,1-2H3. The van der Waals surface area contributed by atoms with Crippen molar-refractivity contribution in [3.63, 3.8) is 0 Å². The van der Waals surface area contributed by atoms with Crippen molar-refractivity contribution >= 4 is 5.78 Å². The third-order valence-electron chi connectivity index (χ3n) is 1.90. The van der Waals surface area contributed by atoms with Crippen molar-refractivity contribution in [2.75, 3.05) is 0 Å². The summed E-state index contributed by atoms with van der Waals surface area (Å²) in [5.74, 6) is 0.102. The Morgan fingerprint density at radius 1 is 1.27 bits per heavy atom. The number of hydrogen-bond donors (Lipinski definition) is 1. The van der Waals surface area contributed by atoms with Gasteiger partial charge in [0.15, 0.2) is 11.5 Å². The van der Waals surface area contributed by atoms with Crippen LogP contribution in [0.1, 0.15) is 19.4 Å². The Morgan fingerprint density at radius 2 is 1.87 bits per heavy atom. The minimum absolute atomic E-state index is 0.147. The van der Waals surface area contributed by atoms with E-state index in [-0.39, 0.29) is 11.5 Å². The number of rotatable bonds is 4. The van der Waals surface area contributed by atoms with Crippen LogP contribution in [0.15, 0.2) is 41.8 Å². The molecule has 2 N–H and O–H groups in total. The van der Waals surface area contributed by atoms with Gasteiger partial charge in [-0.05, 0) is 12.5 Å². The first kappa shape index (κ1) is 11.3. The van der Waals surface area contributed by atoms with Crippen LogP contribution < -0.4 is 5.73 Å². The summed E-state index contributed by atoms with van der Waals surface area (Å²) >= 11 is 0. The second-order valence-electron chi connectivity index (χ2n) is 3.34. The average Bonchev–Trinajstić information content (AvgIpc) is 2.18. The summed E-state index contributed by atoms with van der Waals surface area (Å²) < 4.78 is 5.36. The van der Waals surface area contributed by atoms with E-state index in [1.807, 2.05) is 30.3 Å². The maximum absolute atomic E-state index is 11.1. The van der Waals surface area contributed by atoms with Crippen molar-refractivity contribution in [1.29, 1.82) is 0 Å². The lowest BCUT2D eigenvalue weighted by atomic mass is 10.2. The summed E-state index contributed by atoms with van der Waals surface area (Å²) in [4.78, 5) is 11.1. The van der Waals surface area contributed by atoms with Crippen molar-refractivity contribution < 1.29 is 9.53 Å². The molecule has 0 atom stereocenters. The fourth-order valence-corrected chi connectivity index (χ4v) is 1.22. The molecule has 0 heterocycles. The van der Waals surface area contributed by atoms with Crippen molar-refractivity contribution in [1.82, 2.24) is 0 Å². The largest absolute Gasteiger partial charge is 0.483 e. The zero-order valence-corrected chi connectivity index (χ0v) is 8.99. The van der Waals surface area contributed by atoms with Crippen LogP contribution in [0.25, 0.3) is 0 Å². The third-order valence-corrected chi connectivity index (χ3v) is 1.90. The number of allylic oxidation sites excluding steroid dienone is 2. The first-order chi connectivity index (χ1) is 7.11. The van der Waals surface area contributed by atoms with Gasteiger partial charge < -0.3 is 10.5 Å². The molecule has 0 aromatic heterocycles. The van der Waals surface area contributed by atoms with Gasteiger partial charge in [-0.2, -0.15) is 0 Å². The van der Waals surface area contributed by atoms with Crippen molar-refractivity contribution in [2.45, 2.75) is 20.5 Å². The van der Waals surface area contributed by atoms with E-state index in [0.717, 1.165) is 5.56 Å². The van der Waals surface area contributed by atoms with Crippen LogP contribution in [0.2, 0.25) is 0 Å². The molecule has 3 nitrogen and oxygen atoms in total. The van der Waals surface area contributed by atoms with Gasteiger partial charge in [-0.3, -0.25) is 4.79 Å². The van der Waals surface area contributed by atoms with Crippen LogP contribution in [0, 0.1) is 0 Å². The molecule has 0 aliphatic heterocycles. The van der Waals surface area contributed by atoms with E-state index in [1.165, 1.54) is 6.92 Å². The van der Waals surface area contributed by atoms with Crippen LogP contribution >= 0.6 is 0 Å². The normalized spacial score (nSPS) is 11.9. The molecule has 0 unspecified atom stereocenters. The first-order valence-corrected chi connectivity index (χ1v) is 4.75. The molecule has 0 amide bonds. The molecule has 0 spiro atoms. The van der Waals surface area contributed by atoms with Crippen LogP contribution in [0.5, 0.6) is 0 Å². The predicted octanol–water partition coefficient (Wildman–Crippen LogP) is 1.98. The number of nitrogens with two attached hydrogens (primary N) is 1. The summed E-state index contributed by atoms with van der Waals surface area (Å²) in [6, 6.07) is 9.64. The van der Waals surface area contributed by atoms with Crippen molar-refractivity contribution in [2.24, 2.45) is 5.73 Å². The quantitative estimate of drug-likeness (QED) is 0.604. The number of benzene rings is 1. The molecular formula is C12H15NO2. The Kier molecular flexibility index (Phi) is 3.92. The zero-order valence-electron chi connectivity index (χ0n) is 8.99. The van der Waals surface area contributed by atoms with Gasteiger partial charge in [0.1, 0.15) is 6.61 Å². The van der Waals surface area contributed by atoms with Gasteiger partial charge in [0, 0.05) is 6.92 Å². The smallest absolute Gasteiger partial charge is 0.196 e. The fourth-order valence-electron chi connectivity index (χ4n) is 1.22. The van der Waals surface area contributed by atoms with E-state index in [0.29, 0.717) is 12.3 Å². The highest BCUT2D eigenvalue weighted by Gasteiger charge is 2.07. The molecule has 1 aromatic carbocycles. The third kappa shape index (κ3) is 3.46. The van der Waals surface area contributed by atoms with E-state index in [4.69, 9.17) is 10.5 Å². The SMILES string of the molecule is CC(=O)C(OCc1ccccc1)=C(C)N. The lowest BCUT2D eigenvalue weighted by Crippen LogP contribution is -2.09. The summed E-state index contributed by atoms with van der Waals surface area (Å²) in [5.41, 5.74) is 6.96. The van der Waals surface area contributed by atoms with Gasteiger partial charge in [0.05, 0.1) is 5.70 Å². The Hall–Kier alpha value is -1.77. The van der Waals surface area contributed by atoms with Gasteiger partial charge in [0.25, 0.3) is 0 Å². The summed E-state index contributed by atoms with van der Waals surface area (Å²) in [5, 5.41) is 0. The minimum atomic E-state index is -0.147. The number of carbonyl (C=O) groups is 1. The highest BCUT2D eigenvalue weighted by Crippen LogP contribution is 2.08. The van der Waals surface area contributed by atoms with Gasteiger partial charge in [0.2, 0.25) is 0 Å². The van der Waals surface area contributed by atoms with Crippen LogP contribution in [-0.2, 0) is 16.1 Å². The molecular weight excluding hydrogens is 190 g/mol. The molecule has 1 rings (SSSR count). The van der Waals surface area contributed by atoms with E-state index >= 15 is 0 Å². The zero-order chi connectivity index (χ0) is 11.3. The minimum Gasteiger partial charge on any atom is -0.483 e. The van der Waals surface area contributed by atoms with Gasteiger partial charge in [-0.15, -0.1) is 0 Å². The summed E-state index contributed by atoms with van der Waals surface area (Å²) in [6.07, 6.45) is 0. The van der Waals surface area contributed by atoms with Crippen LogP contribution in [-0.4, -0.2) is 5.78 Å². The number of Topliss-reactive ketones (excluding diaryl/α,β-unsaturated/α-hetero) is 1. The first-order valence-electron chi connectivity index (χ1n) is 4.75. The van der Waals surface area contributed by atoms with Crippen molar-refractivity contribution in [3.8, 4) is 0 Å². The molecule has 0 aliphatic carbocycles. The molecule has 0 saturated heterocycles. The fraction of sp³-hybridized carbons (Fsp3) is 0.250. The summed E-state index contributed by atoms with van der Waals surface area (Å²) in [6.45, 7) is 3.46. The lowest BCUT2D eigenvalue weighted by molar-refractivity contribution is -0.117. The van der Waals surface area contributed by atoms with Crippen LogP contribution in [0.4, 0.5) is 0 Å². The van der Waals surface area contributed by atoms with E-state index in [9.17, 15) is 4.79 Å². The van der Waals surface area contributed by atoms with Gasteiger partial charge in [-0.1, -0.05) is 30.3 Å². The molecule has 80 valence electrons. The Labute approximate surface area is 89.5 Å². The molecule has 1 aromatic rings. The maximum atomic E-state index is 11.1. The second kappa shape index (κ2) is 5.20. The Morgan fingerprint density at radius 3 is 2.33 bits per heavy atom. The second-order valence-corrected chi connectivity index (χ2v) is 3.34. The molecule has 0 fully saturated rings. The highest BCUT2D eigenvalue weighted by atomic mass is 16.5. The van der Waals surface area contributed by atoms with Gasteiger partial charge >= 0.3 is 0 Å². The monoisotopic (exact) mass is 205 g/mol. The van der Waals surface area contributed by atoms with E-state index in [2.05, 4.69) is 0 Å². The molecule has 3 heteroatoms. The molecule has 0 bridgehead atoms. The number of hydrogen-bond acceptors (Lipinski definition) is 3. The number of ether oxygens (including phenoxy) is 1. The average molecular weight is 205 g/mol. The van der Waals surface area contributed by atoms with Crippen LogP contribution in [0.3, 0.4) is 0 Å². The molecule has 0 saturated carbocycles. The molecule has 0 radical (unpaired) electrons. The maximum Gasteiger partial charge on any atom is 0.196 e. The predicted molar refractivity (Wildman–Crippen MR) is 58.8 cm³/mol. The Bertz CT molecular complexity index is 364. The number of ketones is 1. The highest BCUT2D eigenvalue weighted by molar-refractivity contribution is 5.91. The van der Waals surface area contributed by atoms with Crippen molar-refractivity contribution in [3.05, 3.63) is 47.4 Å². The van der Waals surface area contributed by atoms with E-state index in [1.54, 1.807) is 6.92 Å². The number of carbonyl (C=O) groups excluding carboxylic acids is 1. The molecule has 0 aliphatic rings. The topological polar surface area (TPSA) is 52.3 Å². The Balaban J connectivity index is 2.64. The lowest BCUT2D eigenvalue weighted by Gasteiger charge is -2.09. The molecule has 15 heavy (non-hydrogen) atoms. The summed E-state index contributed by atoms with van der Waals surface area (Å²) in [7, 11) is 0. The van der Waals surface area contributed by atoms with E-state index < -0.39 is 0 Å².